The average Bonchev–Trinajstić information content (AvgIpc) is 3.34. The third-order valence-corrected chi connectivity index (χ3v) is 11.9. The lowest BCUT2D eigenvalue weighted by Gasteiger charge is -2.71. The van der Waals surface area contributed by atoms with Crippen LogP contribution in [0.1, 0.15) is 79.1 Å². The Labute approximate surface area is 207 Å². The van der Waals surface area contributed by atoms with E-state index in [0.29, 0.717) is 29.4 Å². The number of para-hydroxylation sites is 1. The minimum absolute atomic E-state index is 0.00359. The molecule has 3 fully saturated rings. The first-order valence-corrected chi connectivity index (χ1v) is 14.0. The van der Waals surface area contributed by atoms with Crippen molar-refractivity contribution in [3.63, 3.8) is 0 Å². The Morgan fingerprint density at radius 2 is 1.54 bits per heavy atom. The molecule has 6 aliphatic rings. The molecule has 3 heterocycles. The molecule has 186 valence electrons. The minimum Gasteiger partial charge on any atom is -0.245 e. The molecule has 0 amide bonds. The van der Waals surface area contributed by atoms with Crippen molar-refractivity contribution in [2.45, 2.75) is 90.1 Å². The average molecular weight is 474 g/mol. The van der Waals surface area contributed by atoms with E-state index in [9.17, 15) is 9.59 Å². The monoisotopic (exact) mass is 473 g/mol. The number of rotatable bonds is 2. The maximum Gasteiger partial charge on any atom is 0.352 e. The van der Waals surface area contributed by atoms with Crippen LogP contribution in [0.2, 0.25) is 0 Å². The van der Waals surface area contributed by atoms with Crippen LogP contribution in [0, 0.1) is 34.5 Å². The molecule has 35 heavy (non-hydrogen) atoms. The van der Waals surface area contributed by atoms with Gasteiger partial charge in [-0.2, -0.15) is 0 Å². The summed E-state index contributed by atoms with van der Waals surface area (Å²) in [5.74, 6) is 2.07. The van der Waals surface area contributed by atoms with Crippen molar-refractivity contribution < 1.29 is 0 Å². The topological polar surface area (TPSA) is 48.9 Å². The highest BCUT2D eigenvalue weighted by Crippen LogP contribution is 2.73. The van der Waals surface area contributed by atoms with Crippen LogP contribution in [0.25, 0.3) is 5.69 Å². The standard InChI is InChI=1S/C30H39N3O2/c1-20(2)22-12-13-23-27(22,3)17-14-24-28(4)15-8-9-16-29(28)18-19-30(23,24)33-26(35)31(25(34)32(29)33)21-10-6-5-7-11-21/h5-7,10-11,18-20,22-24H,8-9,12-17H2,1-4H3. The third kappa shape index (κ3) is 2.24. The lowest BCUT2D eigenvalue weighted by atomic mass is 9.40. The zero-order chi connectivity index (χ0) is 24.4. The van der Waals surface area contributed by atoms with Gasteiger partial charge in [0.25, 0.3) is 0 Å². The van der Waals surface area contributed by atoms with Crippen molar-refractivity contribution in [1.29, 1.82) is 0 Å². The Hall–Kier alpha value is -2.30. The molecule has 1 aromatic carbocycles. The summed E-state index contributed by atoms with van der Waals surface area (Å²) in [6.45, 7) is 9.73. The van der Waals surface area contributed by atoms with Crippen LogP contribution >= 0.6 is 0 Å². The highest BCUT2D eigenvalue weighted by molar-refractivity contribution is 5.37. The molecule has 5 nitrogen and oxygen atoms in total. The van der Waals surface area contributed by atoms with E-state index >= 15 is 0 Å². The Kier molecular flexibility index (Phi) is 4.21. The van der Waals surface area contributed by atoms with Crippen molar-refractivity contribution in [3.05, 3.63) is 63.5 Å². The molecular weight excluding hydrogens is 434 g/mol. The summed E-state index contributed by atoms with van der Waals surface area (Å²) < 4.78 is 5.46. The van der Waals surface area contributed by atoms with Crippen LogP contribution in [-0.4, -0.2) is 13.9 Å². The molecule has 0 radical (unpaired) electrons. The maximum absolute atomic E-state index is 14.4. The lowest BCUT2D eigenvalue weighted by molar-refractivity contribution is -0.188. The second-order valence-corrected chi connectivity index (χ2v) is 13.2. The van der Waals surface area contributed by atoms with Crippen molar-refractivity contribution in [1.82, 2.24) is 13.9 Å². The zero-order valence-electron chi connectivity index (χ0n) is 21.7. The normalized spacial score (nSPS) is 43.1. The van der Waals surface area contributed by atoms with E-state index in [1.807, 2.05) is 39.7 Å². The smallest absolute Gasteiger partial charge is 0.245 e. The van der Waals surface area contributed by atoms with E-state index in [2.05, 4.69) is 39.8 Å². The van der Waals surface area contributed by atoms with Crippen molar-refractivity contribution >= 4 is 0 Å². The fourth-order valence-corrected chi connectivity index (χ4v) is 10.6. The van der Waals surface area contributed by atoms with E-state index in [1.54, 1.807) is 0 Å². The van der Waals surface area contributed by atoms with Crippen molar-refractivity contribution in [2.75, 3.05) is 0 Å². The van der Waals surface area contributed by atoms with E-state index in [4.69, 9.17) is 0 Å². The van der Waals surface area contributed by atoms with Crippen LogP contribution in [0.5, 0.6) is 0 Å². The maximum atomic E-state index is 14.4. The molecule has 3 saturated carbocycles. The van der Waals surface area contributed by atoms with Gasteiger partial charge in [-0.05, 0) is 79.7 Å². The number of benzene rings is 1. The summed E-state index contributed by atoms with van der Waals surface area (Å²) >= 11 is 0. The molecule has 2 aromatic rings. The van der Waals surface area contributed by atoms with Crippen LogP contribution in [-0.2, 0) is 11.1 Å². The van der Waals surface area contributed by atoms with Gasteiger partial charge in [-0.25, -0.2) is 23.5 Å². The Bertz CT molecular complexity index is 1350. The van der Waals surface area contributed by atoms with Gasteiger partial charge in [0.2, 0.25) is 0 Å². The fourth-order valence-electron chi connectivity index (χ4n) is 10.6. The Balaban J connectivity index is 1.58. The van der Waals surface area contributed by atoms with Gasteiger partial charge in [0.15, 0.2) is 0 Å². The molecule has 7 atom stereocenters. The quantitative estimate of drug-likeness (QED) is 0.544. The number of allylic oxidation sites excluding steroid dienone is 2. The van der Waals surface area contributed by atoms with Crippen molar-refractivity contribution in [3.8, 4) is 5.69 Å². The van der Waals surface area contributed by atoms with Gasteiger partial charge in [-0.15, -0.1) is 0 Å². The molecule has 8 rings (SSSR count). The highest BCUT2D eigenvalue weighted by Gasteiger charge is 2.74. The summed E-state index contributed by atoms with van der Waals surface area (Å²) in [7, 11) is 0. The molecule has 1 aromatic heterocycles. The second kappa shape index (κ2) is 6.72. The number of hydrogen-bond donors (Lipinski definition) is 0. The van der Waals surface area contributed by atoms with Crippen molar-refractivity contribution in [2.24, 2.45) is 34.5 Å². The predicted molar refractivity (Wildman–Crippen MR) is 138 cm³/mol. The van der Waals surface area contributed by atoms with Gasteiger partial charge in [-0.1, -0.05) is 70.9 Å². The van der Waals surface area contributed by atoms with E-state index in [1.165, 1.54) is 23.8 Å². The van der Waals surface area contributed by atoms with E-state index in [0.717, 1.165) is 32.1 Å². The molecule has 7 unspecified atom stereocenters. The van der Waals surface area contributed by atoms with Gasteiger partial charge in [0, 0.05) is 5.41 Å². The molecular formula is C30H39N3O2. The molecule has 2 aliphatic heterocycles. The van der Waals surface area contributed by atoms with Gasteiger partial charge in [-0.3, -0.25) is 0 Å². The van der Waals surface area contributed by atoms with Crippen LogP contribution in [0.15, 0.2) is 52.1 Å². The predicted octanol–water partition coefficient (Wildman–Crippen LogP) is 5.45. The lowest BCUT2D eigenvalue weighted by Crippen LogP contribution is -2.75. The number of aromatic nitrogens is 3. The van der Waals surface area contributed by atoms with Crippen LogP contribution < -0.4 is 11.4 Å². The Morgan fingerprint density at radius 3 is 2.29 bits per heavy atom. The first-order valence-electron chi connectivity index (χ1n) is 14.0. The van der Waals surface area contributed by atoms with E-state index in [-0.39, 0.29) is 22.2 Å². The largest absolute Gasteiger partial charge is 0.352 e. The van der Waals surface area contributed by atoms with Gasteiger partial charge >= 0.3 is 11.4 Å². The zero-order valence-corrected chi connectivity index (χ0v) is 21.7. The number of fused-ring (bicyclic) bond motifs is 1. The molecule has 2 bridgehead atoms. The summed E-state index contributed by atoms with van der Waals surface area (Å²) in [4.78, 5) is 28.7. The molecule has 0 N–H and O–H groups in total. The second-order valence-electron chi connectivity index (χ2n) is 13.2. The summed E-state index contributed by atoms with van der Waals surface area (Å²) in [6, 6.07) is 9.57. The van der Waals surface area contributed by atoms with Crippen LogP contribution in [0.4, 0.5) is 0 Å². The summed E-state index contributed by atoms with van der Waals surface area (Å²) in [5.41, 5.74) is -0.244. The van der Waals surface area contributed by atoms with Crippen LogP contribution in [0.3, 0.4) is 0 Å². The fraction of sp³-hybridized carbons (Fsp3) is 0.667. The SMILES string of the molecule is CC(C)C1CCC2C1(C)CCC1C23C=CC2(CCCCC12C)n1c(=O)n(-c2ccccc2)c(=O)n13. The molecule has 0 saturated heterocycles. The molecule has 2 spiro atoms. The first kappa shape index (κ1) is 21.9. The molecule has 4 aliphatic carbocycles. The number of nitrogens with zero attached hydrogens (tertiary/aromatic N) is 3. The summed E-state index contributed by atoms with van der Waals surface area (Å²) in [5, 5.41) is 0. The third-order valence-electron chi connectivity index (χ3n) is 11.9. The van der Waals surface area contributed by atoms with Gasteiger partial charge < -0.3 is 0 Å². The van der Waals surface area contributed by atoms with E-state index < -0.39 is 11.1 Å². The van der Waals surface area contributed by atoms with Gasteiger partial charge in [0.1, 0.15) is 0 Å². The highest BCUT2D eigenvalue weighted by atomic mass is 16.2. The first-order chi connectivity index (χ1) is 16.7. The minimum atomic E-state index is -0.416. The number of hydrogen-bond acceptors (Lipinski definition) is 2. The van der Waals surface area contributed by atoms with Gasteiger partial charge in [0.05, 0.1) is 16.8 Å². The molecule has 5 heteroatoms. The summed E-state index contributed by atoms with van der Waals surface area (Å²) in [6.07, 6.45) is 14.0. The Morgan fingerprint density at radius 1 is 0.829 bits per heavy atom.